The molecule has 1 atom stereocenters. The number of rotatable bonds is 4. The number of benzene rings is 1. The molecular weight excluding hydrogens is 256 g/mol. The van der Waals surface area contributed by atoms with Crippen LogP contribution in [0.3, 0.4) is 0 Å². The summed E-state index contributed by atoms with van der Waals surface area (Å²) >= 11 is 0. The summed E-state index contributed by atoms with van der Waals surface area (Å²) in [4.78, 5) is 25.7. The second kappa shape index (κ2) is 5.94. The largest absolute Gasteiger partial charge is 0.468 e. The zero-order chi connectivity index (χ0) is 14.6. The van der Waals surface area contributed by atoms with Crippen LogP contribution in [0.15, 0.2) is 30.3 Å². The van der Waals surface area contributed by atoms with Gasteiger partial charge in [-0.3, -0.25) is 4.79 Å². The highest BCUT2D eigenvalue weighted by molar-refractivity contribution is 5.84. The fraction of sp³-hybridized carbons (Fsp3) is 0.467. The van der Waals surface area contributed by atoms with Gasteiger partial charge in [0.05, 0.1) is 7.11 Å². The lowest BCUT2D eigenvalue weighted by molar-refractivity contribution is -0.146. The van der Waals surface area contributed by atoms with Crippen molar-refractivity contribution in [1.82, 2.24) is 10.2 Å². The van der Waals surface area contributed by atoms with Crippen LogP contribution in [-0.2, 0) is 14.9 Å². The number of hydrogen-bond donors (Lipinski definition) is 1. The number of nitrogens with zero attached hydrogens (tertiary/aromatic N) is 1. The molecule has 1 unspecified atom stereocenters. The molecule has 5 nitrogen and oxygen atoms in total. The lowest BCUT2D eigenvalue weighted by Crippen LogP contribution is -2.52. The molecule has 0 aliphatic carbocycles. The topological polar surface area (TPSA) is 58.6 Å². The summed E-state index contributed by atoms with van der Waals surface area (Å²) < 4.78 is 4.90. The first-order chi connectivity index (χ1) is 9.58. The normalized spacial score (nSPS) is 16.8. The molecule has 1 N–H and O–H groups in total. The summed E-state index contributed by atoms with van der Waals surface area (Å²) in [5.41, 5.74) is -0.0490. The van der Waals surface area contributed by atoms with E-state index in [9.17, 15) is 9.59 Å². The van der Waals surface area contributed by atoms with Gasteiger partial charge in [-0.1, -0.05) is 30.3 Å². The van der Waals surface area contributed by atoms with Crippen LogP contribution in [0, 0.1) is 0 Å². The molecule has 0 saturated carbocycles. The van der Waals surface area contributed by atoms with Gasteiger partial charge in [0.2, 0.25) is 0 Å². The summed E-state index contributed by atoms with van der Waals surface area (Å²) in [5.74, 6) is -0.354. The van der Waals surface area contributed by atoms with Crippen molar-refractivity contribution >= 4 is 12.0 Å². The van der Waals surface area contributed by atoms with Gasteiger partial charge in [-0.15, -0.1) is 0 Å². The molecule has 1 aromatic carbocycles. The quantitative estimate of drug-likeness (QED) is 0.849. The Labute approximate surface area is 118 Å². The average molecular weight is 276 g/mol. The van der Waals surface area contributed by atoms with Crippen LogP contribution in [0.4, 0.5) is 4.79 Å². The number of methoxy groups -OCH3 is 1. The third-order valence-electron chi connectivity index (χ3n) is 3.78. The zero-order valence-electron chi connectivity index (χ0n) is 11.9. The van der Waals surface area contributed by atoms with Crippen LogP contribution < -0.4 is 5.32 Å². The minimum atomic E-state index is -0.878. The predicted molar refractivity (Wildman–Crippen MR) is 75.4 cm³/mol. The van der Waals surface area contributed by atoms with Crippen molar-refractivity contribution in [3.05, 3.63) is 35.9 Å². The Hall–Kier alpha value is -2.04. The summed E-state index contributed by atoms with van der Waals surface area (Å²) in [6, 6.07) is 9.24. The molecule has 1 saturated heterocycles. The van der Waals surface area contributed by atoms with Crippen LogP contribution in [0.5, 0.6) is 0 Å². The van der Waals surface area contributed by atoms with Gasteiger partial charge in [-0.05, 0) is 18.9 Å². The number of carbonyl (C=O) groups is 2. The third-order valence-corrected chi connectivity index (χ3v) is 3.78. The molecule has 1 aliphatic heterocycles. The van der Waals surface area contributed by atoms with Gasteiger partial charge in [0.15, 0.2) is 0 Å². The van der Waals surface area contributed by atoms with Crippen molar-refractivity contribution in [2.24, 2.45) is 0 Å². The summed E-state index contributed by atoms with van der Waals surface area (Å²) in [5, 5.41) is 2.83. The monoisotopic (exact) mass is 276 g/mol. The number of nitrogens with one attached hydrogen (secondary N) is 1. The van der Waals surface area contributed by atoms with Gasteiger partial charge in [0.1, 0.15) is 5.41 Å². The smallest absolute Gasteiger partial charge is 0.317 e. The Balaban J connectivity index is 2.11. The van der Waals surface area contributed by atoms with Gasteiger partial charge in [0, 0.05) is 19.6 Å². The molecule has 0 radical (unpaired) electrons. The lowest BCUT2D eigenvalue weighted by atomic mass is 9.82. The van der Waals surface area contributed by atoms with Crippen LogP contribution in [0.1, 0.15) is 18.9 Å². The number of urea groups is 1. The van der Waals surface area contributed by atoms with Gasteiger partial charge in [-0.2, -0.15) is 0 Å². The summed E-state index contributed by atoms with van der Waals surface area (Å²) in [6.45, 7) is 3.57. The Morgan fingerprint density at radius 1 is 1.30 bits per heavy atom. The maximum Gasteiger partial charge on any atom is 0.317 e. The number of ether oxygens (including phenoxy) is 1. The minimum absolute atomic E-state index is 0.123. The van der Waals surface area contributed by atoms with Crippen molar-refractivity contribution in [2.45, 2.75) is 18.8 Å². The van der Waals surface area contributed by atoms with Gasteiger partial charge < -0.3 is 15.0 Å². The van der Waals surface area contributed by atoms with E-state index in [4.69, 9.17) is 4.74 Å². The molecule has 0 aromatic heterocycles. The van der Waals surface area contributed by atoms with Crippen molar-refractivity contribution in [3.8, 4) is 0 Å². The fourth-order valence-electron chi connectivity index (χ4n) is 2.21. The molecular formula is C15H20N2O3. The molecule has 2 amide bonds. The van der Waals surface area contributed by atoms with E-state index in [0.29, 0.717) is 0 Å². The number of esters is 1. The van der Waals surface area contributed by atoms with E-state index in [1.165, 1.54) is 7.11 Å². The van der Waals surface area contributed by atoms with Crippen LogP contribution in [0.25, 0.3) is 0 Å². The molecule has 0 bridgehead atoms. The van der Waals surface area contributed by atoms with Crippen molar-refractivity contribution in [2.75, 3.05) is 26.7 Å². The molecule has 1 aliphatic rings. The minimum Gasteiger partial charge on any atom is -0.468 e. The highest BCUT2D eigenvalue weighted by atomic mass is 16.5. The van der Waals surface area contributed by atoms with E-state index in [1.807, 2.05) is 30.3 Å². The van der Waals surface area contributed by atoms with Gasteiger partial charge in [0.25, 0.3) is 0 Å². The first-order valence-corrected chi connectivity index (χ1v) is 6.74. The Kier molecular flexibility index (Phi) is 4.27. The Morgan fingerprint density at radius 3 is 2.45 bits per heavy atom. The van der Waals surface area contributed by atoms with Gasteiger partial charge in [-0.25, -0.2) is 4.79 Å². The highest BCUT2D eigenvalue weighted by Crippen LogP contribution is 2.24. The molecule has 5 heteroatoms. The average Bonchev–Trinajstić information content (AvgIpc) is 2.43. The van der Waals surface area contributed by atoms with Crippen molar-refractivity contribution in [1.29, 1.82) is 0 Å². The van der Waals surface area contributed by atoms with E-state index in [2.05, 4.69) is 5.32 Å². The second-order valence-corrected chi connectivity index (χ2v) is 5.19. The predicted octanol–water partition coefficient (Wildman–Crippen LogP) is 1.53. The third kappa shape index (κ3) is 2.76. The van der Waals surface area contributed by atoms with E-state index < -0.39 is 5.41 Å². The number of hydrogen-bond acceptors (Lipinski definition) is 3. The van der Waals surface area contributed by atoms with E-state index in [1.54, 1.807) is 11.8 Å². The molecule has 2 rings (SSSR count). The van der Waals surface area contributed by atoms with Crippen molar-refractivity contribution < 1.29 is 14.3 Å². The summed E-state index contributed by atoms with van der Waals surface area (Å²) in [6.07, 6.45) is 1.04. The second-order valence-electron chi connectivity index (χ2n) is 5.19. The Morgan fingerprint density at radius 2 is 1.95 bits per heavy atom. The maximum atomic E-state index is 12.1. The van der Waals surface area contributed by atoms with E-state index >= 15 is 0 Å². The Bertz CT molecular complexity index is 485. The van der Waals surface area contributed by atoms with E-state index in [-0.39, 0.29) is 18.5 Å². The van der Waals surface area contributed by atoms with Crippen molar-refractivity contribution in [3.63, 3.8) is 0 Å². The molecule has 1 fully saturated rings. The SMILES string of the molecule is COC(=O)C(C)(CNC(=O)N1CCC1)c1ccccc1. The first-order valence-electron chi connectivity index (χ1n) is 6.74. The summed E-state index contributed by atoms with van der Waals surface area (Å²) in [7, 11) is 1.36. The highest BCUT2D eigenvalue weighted by Gasteiger charge is 2.37. The first kappa shape index (κ1) is 14.4. The fourth-order valence-corrected chi connectivity index (χ4v) is 2.21. The lowest BCUT2D eigenvalue weighted by Gasteiger charge is -2.33. The van der Waals surface area contributed by atoms with Crippen LogP contribution >= 0.6 is 0 Å². The molecule has 0 spiro atoms. The molecule has 108 valence electrons. The maximum absolute atomic E-state index is 12.1. The zero-order valence-corrected chi connectivity index (χ0v) is 11.9. The number of likely N-dealkylation sites (tertiary alicyclic amines) is 1. The number of amides is 2. The molecule has 20 heavy (non-hydrogen) atoms. The van der Waals surface area contributed by atoms with Crippen LogP contribution in [0.2, 0.25) is 0 Å². The molecule has 1 heterocycles. The standard InChI is InChI=1S/C15H20N2O3/c1-15(13(18)20-2,12-7-4-3-5-8-12)11-16-14(19)17-9-6-10-17/h3-5,7-8H,6,9-11H2,1-2H3,(H,16,19). The van der Waals surface area contributed by atoms with Crippen LogP contribution in [-0.4, -0.2) is 43.6 Å². The van der Waals surface area contributed by atoms with E-state index in [0.717, 1.165) is 25.1 Å². The number of carbonyl (C=O) groups excluding carboxylic acids is 2. The van der Waals surface area contributed by atoms with Gasteiger partial charge >= 0.3 is 12.0 Å². The molecule has 1 aromatic rings.